The Labute approximate surface area is 203 Å². The molecule has 9 nitrogen and oxygen atoms in total. The van der Waals surface area contributed by atoms with E-state index in [9.17, 15) is 9.59 Å². The summed E-state index contributed by atoms with van der Waals surface area (Å²) in [4.78, 5) is 27.3. The number of esters is 1. The van der Waals surface area contributed by atoms with Crippen molar-refractivity contribution in [3.63, 3.8) is 0 Å². The van der Waals surface area contributed by atoms with Gasteiger partial charge < -0.3 is 14.8 Å². The van der Waals surface area contributed by atoms with E-state index in [0.717, 1.165) is 22.4 Å². The summed E-state index contributed by atoms with van der Waals surface area (Å²) >= 11 is 0. The number of carbonyl (C=O) groups excluding carboxylic acids is 2. The van der Waals surface area contributed by atoms with Crippen molar-refractivity contribution in [3.05, 3.63) is 83.2 Å². The molecule has 3 aromatic rings. The lowest BCUT2D eigenvalue weighted by Gasteiger charge is -2.22. The number of rotatable bonds is 7. The lowest BCUT2D eigenvalue weighted by atomic mass is 10.1. The highest BCUT2D eigenvalue weighted by molar-refractivity contribution is 5.95. The molecule has 1 N–H and O–H groups in total. The third-order valence-electron chi connectivity index (χ3n) is 6.40. The number of methoxy groups -OCH3 is 1. The highest BCUT2D eigenvalue weighted by Crippen LogP contribution is 2.29. The molecule has 0 bridgehead atoms. The Bertz CT molecular complexity index is 1240. The van der Waals surface area contributed by atoms with Crippen LogP contribution in [-0.4, -0.2) is 58.0 Å². The van der Waals surface area contributed by atoms with Crippen LogP contribution in [0.3, 0.4) is 0 Å². The summed E-state index contributed by atoms with van der Waals surface area (Å²) < 4.78 is 11.9. The van der Waals surface area contributed by atoms with Gasteiger partial charge in [-0.1, -0.05) is 53.8 Å². The maximum absolute atomic E-state index is 13.4. The maximum Gasteiger partial charge on any atom is 0.360 e. The first-order chi connectivity index (χ1) is 17.1. The fourth-order valence-electron chi connectivity index (χ4n) is 4.56. The monoisotopic (exact) mass is 473 g/mol. The van der Waals surface area contributed by atoms with Gasteiger partial charge in [0, 0.05) is 18.8 Å². The van der Waals surface area contributed by atoms with Crippen LogP contribution in [0, 0.1) is 0 Å². The Morgan fingerprint density at radius 3 is 2.83 bits per heavy atom. The Kier molecular flexibility index (Phi) is 6.69. The maximum atomic E-state index is 13.4. The Balaban J connectivity index is 1.32. The second-order valence-electron chi connectivity index (χ2n) is 8.71. The molecule has 1 saturated heterocycles. The van der Waals surface area contributed by atoms with E-state index in [0.29, 0.717) is 32.7 Å². The van der Waals surface area contributed by atoms with E-state index in [4.69, 9.17) is 9.47 Å². The van der Waals surface area contributed by atoms with Crippen LogP contribution in [0.25, 0.3) is 6.08 Å². The van der Waals surface area contributed by atoms with Crippen LogP contribution >= 0.6 is 0 Å². The summed E-state index contributed by atoms with van der Waals surface area (Å²) in [5.74, 6) is -0.612. The number of nitrogens with zero attached hydrogens (tertiary/aromatic N) is 4. The first-order valence-corrected chi connectivity index (χ1v) is 11.6. The molecule has 1 aromatic heterocycles. The molecule has 2 aromatic carbocycles. The van der Waals surface area contributed by atoms with E-state index in [1.807, 2.05) is 54.6 Å². The van der Waals surface area contributed by atoms with Gasteiger partial charge in [0.25, 0.3) is 0 Å². The van der Waals surface area contributed by atoms with E-state index in [1.54, 1.807) is 10.9 Å². The molecule has 35 heavy (non-hydrogen) atoms. The SMILES string of the molecule is COC(=O)c1cn([C@@H]2C[C@@H](C(=O)Nc3ccc4c(c3)COC4)N(C/C=C/c3ccccc3)C2)nn1. The molecule has 9 heteroatoms. The number of benzene rings is 2. The van der Waals surface area contributed by atoms with Crippen LogP contribution < -0.4 is 5.32 Å². The predicted molar refractivity (Wildman–Crippen MR) is 129 cm³/mol. The molecule has 0 saturated carbocycles. The summed E-state index contributed by atoms with van der Waals surface area (Å²) in [6, 6.07) is 15.5. The molecule has 5 rings (SSSR count). The molecular formula is C26H27N5O4. The molecule has 2 aliphatic rings. The minimum absolute atomic E-state index is 0.0761. The molecule has 3 heterocycles. The average molecular weight is 474 g/mol. The smallest absolute Gasteiger partial charge is 0.360 e. The van der Waals surface area contributed by atoms with Gasteiger partial charge in [0.1, 0.15) is 0 Å². The van der Waals surface area contributed by atoms with Crippen LogP contribution in [0.4, 0.5) is 5.69 Å². The molecule has 1 fully saturated rings. The zero-order valence-electron chi connectivity index (χ0n) is 19.5. The molecule has 0 aliphatic carbocycles. The van der Waals surface area contributed by atoms with E-state index in [1.165, 1.54) is 7.11 Å². The van der Waals surface area contributed by atoms with Gasteiger partial charge in [-0.25, -0.2) is 9.48 Å². The molecule has 0 radical (unpaired) electrons. The molecule has 180 valence electrons. The van der Waals surface area contributed by atoms with Gasteiger partial charge in [-0.15, -0.1) is 5.10 Å². The number of amides is 1. The van der Waals surface area contributed by atoms with Gasteiger partial charge in [0.2, 0.25) is 5.91 Å². The number of anilines is 1. The average Bonchev–Trinajstić information content (AvgIpc) is 3.63. The van der Waals surface area contributed by atoms with Crippen LogP contribution in [0.15, 0.2) is 60.8 Å². The third kappa shape index (κ3) is 5.16. The van der Waals surface area contributed by atoms with Crippen molar-refractivity contribution in [1.82, 2.24) is 19.9 Å². The quantitative estimate of drug-likeness (QED) is 0.527. The first-order valence-electron chi connectivity index (χ1n) is 11.6. The largest absolute Gasteiger partial charge is 0.464 e. The zero-order valence-corrected chi connectivity index (χ0v) is 19.5. The lowest BCUT2D eigenvalue weighted by Crippen LogP contribution is -2.39. The predicted octanol–water partition coefficient (Wildman–Crippen LogP) is 3.06. The van der Waals surface area contributed by atoms with E-state index in [2.05, 4.69) is 26.6 Å². The number of hydrogen-bond acceptors (Lipinski definition) is 7. The number of fused-ring (bicyclic) bond motifs is 1. The fourth-order valence-corrected chi connectivity index (χ4v) is 4.56. The minimum atomic E-state index is -0.535. The van der Waals surface area contributed by atoms with Gasteiger partial charge in [0.05, 0.1) is 38.6 Å². The van der Waals surface area contributed by atoms with Gasteiger partial charge >= 0.3 is 5.97 Å². The Hall–Kier alpha value is -3.82. The van der Waals surface area contributed by atoms with Crippen molar-refractivity contribution < 1.29 is 19.1 Å². The van der Waals surface area contributed by atoms with E-state index < -0.39 is 5.97 Å². The number of hydrogen-bond donors (Lipinski definition) is 1. The molecule has 1 amide bonds. The van der Waals surface area contributed by atoms with Crippen molar-refractivity contribution in [2.24, 2.45) is 0 Å². The zero-order chi connectivity index (χ0) is 24.2. The fraction of sp³-hybridized carbons (Fsp3) is 0.308. The third-order valence-corrected chi connectivity index (χ3v) is 6.40. The summed E-state index contributed by atoms with van der Waals surface area (Å²) in [7, 11) is 1.31. The number of likely N-dealkylation sites (tertiary alicyclic amines) is 1. The first kappa shape index (κ1) is 22.9. The minimum Gasteiger partial charge on any atom is -0.464 e. The second kappa shape index (κ2) is 10.2. The number of nitrogens with one attached hydrogen (secondary N) is 1. The molecule has 2 aliphatic heterocycles. The van der Waals surface area contributed by atoms with Crippen molar-refractivity contribution in [1.29, 1.82) is 0 Å². The van der Waals surface area contributed by atoms with Gasteiger partial charge in [-0.3, -0.25) is 9.69 Å². The Morgan fingerprint density at radius 1 is 1.17 bits per heavy atom. The summed E-state index contributed by atoms with van der Waals surface area (Å²) in [6.07, 6.45) is 6.23. The van der Waals surface area contributed by atoms with E-state index in [-0.39, 0.29) is 23.7 Å². The standard InChI is InChI=1S/C26H27N5O4/c1-34-26(33)23-15-31(29-28-23)22-13-24(30(14-22)11-5-8-18-6-3-2-4-7-18)25(32)27-21-10-9-19-16-35-17-20(19)12-21/h2-10,12,15,22,24H,11,13-14,16-17H2,1H3,(H,27,32)/b8-5+/t22-,24+/m1/s1. The van der Waals surface area contributed by atoms with Crippen LogP contribution in [0.2, 0.25) is 0 Å². The topological polar surface area (TPSA) is 98.6 Å². The van der Waals surface area contributed by atoms with Crippen molar-refractivity contribution in [3.8, 4) is 0 Å². The van der Waals surface area contributed by atoms with Crippen molar-refractivity contribution in [2.45, 2.75) is 31.7 Å². The second-order valence-corrected chi connectivity index (χ2v) is 8.71. The summed E-state index contributed by atoms with van der Waals surface area (Å²) in [6.45, 7) is 2.37. The van der Waals surface area contributed by atoms with Gasteiger partial charge in [0.15, 0.2) is 5.69 Å². The number of ether oxygens (including phenoxy) is 2. The number of carbonyl (C=O) groups is 2. The van der Waals surface area contributed by atoms with Crippen molar-refractivity contribution >= 4 is 23.6 Å². The van der Waals surface area contributed by atoms with Crippen LogP contribution in [0.5, 0.6) is 0 Å². The molecule has 2 atom stereocenters. The normalized spacial score (nSPS) is 19.7. The highest BCUT2D eigenvalue weighted by atomic mass is 16.5. The van der Waals surface area contributed by atoms with Crippen molar-refractivity contribution in [2.75, 3.05) is 25.5 Å². The molecular weight excluding hydrogens is 446 g/mol. The van der Waals surface area contributed by atoms with Gasteiger partial charge in [-0.2, -0.15) is 0 Å². The van der Waals surface area contributed by atoms with Gasteiger partial charge in [-0.05, 0) is 35.2 Å². The molecule has 0 unspecified atom stereocenters. The summed E-state index contributed by atoms with van der Waals surface area (Å²) in [5.41, 5.74) is 4.27. The molecule has 0 spiro atoms. The lowest BCUT2D eigenvalue weighted by molar-refractivity contribution is -0.120. The van der Waals surface area contributed by atoms with Crippen LogP contribution in [-0.2, 0) is 27.5 Å². The van der Waals surface area contributed by atoms with E-state index >= 15 is 0 Å². The number of aromatic nitrogens is 3. The Morgan fingerprint density at radius 2 is 2.00 bits per heavy atom. The summed E-state index contributed by atoms with van der Waals surface area (Å²) in [5, 5.41) is 11.1. The van der Waals surface area contributed by atoms with Crippen LogP contribution in [0.1, 0.15) is 39.6 Å². The highest BCUT2D eigenvalue weighted by Gasteiger charge is 2.38.